The first-order valence-electron chi connectivity index (χ1n) is 11.3. The SMILES string of the molecule is C=CC(=O)N1CCC[C@@H](n2nc(-c3ccc(OCc4ccccn4)c(F)c3)c3c(N)ncnc32)C1. The number of benzene rings is 1. The van der Waals surface area contributed by atoms with Gasteiger partial charge in [0.25, 0.3) is 0 Å². The van der Waals surface area contributed by atoms with Crippen molar-refractivity contribution in [3.05, 3.63) is 73.1 Å². The van der Waals surface area contributed by atoms with Crippen LogP contribution in [-0.2, 0) is 11.4 Å². The molecule has 1 aliphatic rings. The van der Waals surface area contributed by atoms with Crippen LogP contribution in [0.2, 0.25) is 0 Å². The Balaban J connectivity index is 1.48. The van der Waals surface area contributed by atoms with E-state index in [0.29, 0.717) is 41.1 Å². The molecular formula is C25H24FN7O2. The number of carbonyl (C=O) groups excluding carboxylic acids is 1. The molecule has 3 aromatic heterocycles. The summed E-state index contributed by atoms with van der Waals surface area (Å²) in [6.07, 6.45) is 5.98. The van der Waals surface area contributed by atoms with Crippen molar-refractivity contribution in [3.63, 3.8) is 0 Å². The second kappa shape index (κ2) is 9.49. The monoisotopic (exact) mass is 473 g/mol. The van der Waals surface area contributed by atoms with Gasteiger partial charge in [-0.2, -0.15) is 5.10 Å². The predicted octanol–water partition coefficient (Wildman–Crippen LogP) is 3.54. The summed E-state index contributed by atoms with van der Waals surface area (Å²) in [6, 6.07) is 10.00. The number of aromatic nitrogens is 5. The maximum absolute atomic E-state index is 15.0. The number of hydrogen-bond acceptors (Lipinski definition) is 7. The summed E-state index contributed by atoms with van der Waals surface area (Å²) in [5.41, 5.74) is 8.44. The van der Waals surface area contributed by atoms with Crippen LogP contribution in [0.25, 0.3) is 22.3 Å². The first kappa shape index (κ1) is 22.5. The Morgan fingerprint density at radius 1 is 1.26 bits per heavy atom. The molecule has 1 atom stereocenters. The fourth-order valence-corrected chi connectivity index (χ4v) is 4.34. The lowest BCUT2D eigenvalue weighted by molar-refractivity contribution is -0.127. The highest BCUT2D eigenvalue weighted by molar-refractivity contribution is 5.98. The van der Waals surface area contributed by atoms with Gasteiger partial charge in [-0.1, -0.05) is 12.6 Å². The minimum atomic E-state index is -0.531. The fraction of sp³-hybridized carbons (Fsp3) is 0.240. The lowest BCUT2D eigenvalue weighted by atomic mass is 10.1. The van der Waals surface area contributed by atoms with Crippen LogP contribution in [0.1, 0.15) is 24.6 Å². The Kier molecular flexibility index (Phi) is 6.09. The van der Waals surface area contributed by atoms with Crippen LogP contribution in [0, 0.1) is 5.82 Å². The third kappa shape index (κ3) is 4.42. The number of anilines is 1. The van der Waals surface area contributed by atoms with Crippen LogP contribution in [0.4, 0.5) is 10.2 Å². The molecule has 9 nitrogen and oxygen atoms in total. The normalized spacial score (nSPS) is 15.8. The topological polar surface area (TPSA) is 112 Å². The van der Waals surface area contributed by atoms with Gasteiger partial charge in [0.2, 0.25) is 5.91 Å². The van der Waals surface area contributed by atoms with Crippen LogP contribution >= 0.6 is 0 Å². The molecule has 0 bridgehead atoms. The van der Waals surface area contributed by atoms with Crippen molar-refractivity contribution < 1.29 is 13.9 Å². The number of halogens is 1. The average Bonchev–Trinajstić information content (AvgIpc) is 3.29. The van der Waals surface area contributed by atoms with Crippen LogP contribution < -0.4 is 10.5 Å². The number of piperidine rings is 1. The summed E-state index contributed by atoms with van der Waals surface area (Å²) < 4.78 is 22.4. The molecule has 5 rings (SSSR count). The molecule has 1 amide bonds. The number of pyridine rings is 1. The molecule has 0 radical (unpaired) electrons. The highest BCUT2D eigenvalue weighted by Gasteiger charge is 2.28. The zero-order valence-corrected chi connectivity index (χ0v) is 19.0. The van der Waals surface area contributed by atoms with Gasteiger partial charge >= 0.3 is 0 Å². The van der Waals surface area contributed by atoms with E-state index in [1.165, 1.54) is 18.5 Å². The lowest BCUT2D eigenvalue weighted by Gasteiger charge is -2.32. The number of likely N-dealkylation sites (tertiary alicyclic amines) is 1. The highest BCUT2D eigenvalue weighted by atomic mass is 19.1. The van der Waals surface area contributed by atoms with Gasteiger partial charge in [0.15, 0.2) is 17.2 Å². The third-order valence-electron chi connectivity index (χ3n) is 6.05. The summed E-state index contributed by atoms with van der Waals surface area (Å²) in [4.78, 5) is 26.6. The smallest absolute Gasteiger partial charge is 0.246 e. The summed E-state index contributed by atoms with van der Waals surface area (Å²) in [5, 5.41) is 5.32. The van der Waals surface area contributed by atoms with E-state index in [9.17, 15) is 9.18 Å². The third-order valence-corrected chi connectivity index (χ3v) is 6.05. The maximum atomic E-state index is 15.0. The lowest BCUT2D eigenvalue weighted by Crippen LogP contribution is -2.40. The number of nitrogens with two attached hydrogens (primary N) is 1. The van der Waals surface area contributed by atoms with E-state index in [0.717, 1.165) is 12.8 Å². The van der Waals surface area contributed by atoms with Crippen molar-refractivity contribution in [3.8, 4) is 17.0 Å². The molecule has 178 valence electrons. The number of fused-ring (bicyclic) bond motifs is 1. The van der Waals surface area contributed by atoms with E-state index in [1.807, 2.05) is 12.1 Å². The maximum Gasteiger partial charge on any atom is 0.246 e. The molecule has 1 fully saturated rings. The number of nitrogens with zero attached hydrogens (tertiary/aromatic N) is 6. The number of ether oxygens (including phenoxy) is 1. The minimum Gasteiger partial charge on any atom is -0.484 e. The Hall–Kier alpha value is -4.34. The van der Waals surface area contributed by atoms with Crippen LogP contribution in [-0.4, -0.2) is 48.6 Å². The second-order valence-electron chi connectivity index (χ2n) is 8.29. The molecule has 1 aromatic carbocycles. The first-order chi connectivity index (χ1) is 17.0. The van der Waals surface area contributed by atoms with Gasteiger partial charge in [-0.25, -0.2) is 19.0 Å². The van der Waals surface area contributed by atoms with Gasteiger partial charge in [-0.05, 0) is 49.2 Å². The molecular weight excluding hydrogens is 449 g/mol. The van der Waals surface area contributed by atoms with E-state index in [1.54, 1.807) is 34.0 Å². The molecule has 0 unspecified atom stereocenters. The Morgan fingerprint density at radius 3 is 2.91 bits per heavy atom. The molecule has 0 aliphatic carbocycles. The Bertz CT molecular complexity index is 1390. The molecule has 0 saturated carbocycles. The quantitative estimate of drug-likeness (QED) is 0.426. The highest BCUT2D eigenvalue weighted by Crippen LogP contribution is 2.35. The Morgan fingerprint density at radius 2 is 2.14 bits per heavy atom. The first-order valence-corrected chi connectivity index (χ1v) is 11.3. The molecule has 4 heterocycles. The summed E-state index contributed by atoms with van der Waals surface area (Å²) >= 11 is 0. The van der Waals surface area contributed by atoms with Gasteiger partial charge < -0.3 is 15.4 Å². The van der Waals surface area contributed by atoms with E-state index < -0.39 is 5.82 Å². The largest absolute Gasteiger partial charge is 0.484 e. The number of amides is 1. The number of hydrogen-bond donors (Lipinski definition) is 1. The van der Waals surface area contributed by atoms with Crippen LogP contribution in [0.3, 0.4) is 0 Å². The Labute approximate surface area is 201 Å². The van der Waals surface area contributed by atoms with Crippen LogP contribution in [0.15, 0.2) is 61.6 Å². The number of carbonyl (C=O) groups is 1. The van der Waals surface area contributed by atoms with Crippen molar-refractivity contribution in [2.45, 2.75) is 25.5 Å². The summed E-state index contributed by atoms with van der Waals surface area (Å²) in [5.74, 6) is -0.291. The van der Waals surface area contributed by atoms with Crippen molar-refractivity contribution in [1.29, 1.82) is 0 Å². The minimum absolute atomic E-state index is 0.107. The summed E-state index contributed by atoms with van der Waals surface area (Å²) in [7, 11) is 0. The van der Waals surface area contributed by atoms with Gasteiger partial charge in [0.05, 0.1) is 17.1 Å². The standard InChI is InChI=1S/C25H24FN7O2/c1-2-21(34)32-11-5-7-18(13-32)33-25-22(24(27)29-15-30-25)23(31-33)16-8-9-20(19(26)12-16)35-14-17-6-3-4-10-28-17/h2-4,6,8-10,12,15,18H,1,5,7,11,13-14H2,(H2,27,29,30)/t18-/m1/s1. The van der Waals surface area contributed by atoms with E-state index >= 15 is 0 Å². The summed E-state index contributed by atoms with van der Waals surface area (Å²) in [6.45, 7) is 4.87. The average molecular weight is 474 g/mol. The van der Waals surface area contributed by atoms with E-state index in [4.69, 9.17) is 15.6 Å². The number of rotatable bonds is 6. The van der Waals surface area contributed by atoms with Crippen molar-refractivity contribution in [2.24, 2.45) is 0 Å². The van der Waals surface area contributed by atoms with E-state index in [2.05, 4.69) is 21.5 Å². The van der Waals surface area contributed by atoms with Gasteiger partial charge in [-0.3, -0.25) is 9.78 Å². The van der Waals surface area contributed by atoms with E-state index in [-0.39, 0.29) is 30.1 Å². The van der Waals surface area contributed by atoms with Gasteiger partial charge in [0.1, 0.15) is 24.4 Å². The zero-order valence-electron chi connectivity index (χ0n) is 19.0. The molecule has 10 heteroatoms. The molecule has 2 N–H and O–H groups in total. The molecule has 4 aromatic rings. The molecule has 1 saturated heterocycles. The fourth-order valence-electron chi connectivity index (χ4n) is 4.34. The van der Waals surface area contributed by atoms with Crippen molar-refractivity contribution >= 4 is 22.8 Å². The van der Waals surface area contributed by atoms with Crippen molar-refractivity contribution in [2.75, 3.05) is 18.8 Å². The van der Waals surface area contributed by atoms with Gasteiger partial charge in [-0.15, -0.1) is 0 Å². The zero-order chi connectivity index (χ0) is 24.4. The van der Waals surface area contributed by atoms with Gasteiger partial charge in [0, 0.05) is 24.8 Å². The second-order valence-corrected chi connectivity index (χ2v) is 8.29. The van der Waals surface area contributed by atoms with Crippen LogP contribution in [0.5, 0.6) is 5.75 Å². The molecule has 1 aliphatic heterocycles. The number of nitrogen functional groups attached to an aromatic ring is 1. The van der Waals surface area contributed by atoms with Crippen molar-refractivity contribution in [1.82, 2.24) is 29.6 Å². The molecule has 0 spiro atoms. The predicted molar refractivity (Wildman–Crippen MR) is 129 cm³/mol. The molecule has 35 heavy (non-hydrogen) atoms.